The van der Waals surface area contributed by atoms with Crippen molar-refractivity contribution in [1.82, 2.24) is 15.3 Å². The molecule has 0 aliphatic carbocycles. The zero-order valence-electron chi connectivity index (χ0n) is 10.8. The van der Waals surface area contributed by atoms with Crippen molar-refractivity contribution in [2.24, 2.45) is 0 Å². The summed E-state index contributed by atoms with van der Waals surface area (Å²) in [5.74, 6) is -0.418. The lowest BCUT2D eigenvalue weighted by Gasteiger charge is -2.14. The van der Waals surface area contributed by atoms with Gasteiger partial charge in [0.15, 0.2) is 0 Å². The van der Waals surface area contributed by atoms with Crippen molar-refractivity contribution in [2.75, 3.05) is 0 Å². The van der Waals surface area contributed by atoms with E-state index in [1.807, 2.05) is 13.8 Å². The predicted molar refractivity (Wildman–Crippen MR) is 68.4 cm³/mol. The highest BCUT2D eigenvalue weighted by molar-refractivity contribution is 5.21. The Morgan fingerprint density at radius 2 is 2.05 bits per heavy atom. The first kappa shape index (κ1) is 13.5. The minimum absolute atomic E-state index is 0.226. The van der Waals surface area contributed by atoms with Crippen molar-refractivity contribution in [1.29, 1.82) is 0 Å². The van der Waals surface area contributed by atoms with Crippen LogP contribution in [0.1, 0.15) is 30.0 Å². The molecular weight excluding hydrogens is 248 g/mol. The summed E-state index contributed by atoms with van der Waals surface area (Å²) in [5, 5.41) is 3.15. The summed E-state index contributed by atoms with van der Waals surface area (Å²) < 4.78 is 26.4. The Bertz CT molecular complexity index is 572. The van der Waals surface area contributed by atoms with E-state index in [1.54, 1.807) is 12.3 Å². The van der Waals surface area contributed by atoms with Crippen LogP contribution in [-0.4, -0.2) is 9.97 Å². The number of benzene rings is 1. The summed E-state index contributed by atoms with van der Waals surface area (Å²) in [7, 11) is 0. The van der Waals surface area contributed by atoms with E-state index >= 15 is 0 Å². The number of hydrogen-bond acceptors (Lipinski definition) is 3. The second kappa shape index (κ2) is 5.84. The fourth-order valence-electron chi connectivity index (χ4n) is 1.82. The summed E-state index contributed by atoms with van der Waals surface area (Å²) in [6.07, 6.45) is 1.68. The van der Waals surface area contributed by atoms with Crippen molar-refractivity contribution >= 4 is 0 Å². The number of aryl methyl sites for hydroxylation is 1. The molecule has 19 heavy (non-hydrogen) atoms. The SMILES string of the molecule is Cc1nccc(CNC(C)c2ccc(F)cc2F)n1. The molecule has 1 aromatic heterocycles. The maximum Gasteiger partial charge on any atom is 0.130 e. The Balaban J connectivity index is 2.03. The van der Waals surface area contributed by atoms with Gasteiger partial charge in [0, 0.05) is 30.4 Å². The van der Waals surface area contributed by atoms with E-state index in [9.17, 15) is 8.78 Å². The molecule has 0 aliphatic rings. The average molecular weight is 263 g/mol. The molecule has 1 atom stereocenters. The van der Waals surface area contributed by atoms with Crippen molar-refractivity contribution in [3.8, 4) is 0 Å². The second-order valence-electron chi connectivity index (χ2n) is 4.36. The standard InChI is InChI=1S/C14H15F2N3/c1-9(13-4-3-11(15)7-14(13)16)18-8-12-5-6-17-10(2)19-12/h3-7,9,18H,8H2,1-2H3. The molecule has 1 N–H and O–H groups in total. The third-order valence-electron chi connectivity index (χ3n) is 2.85. The number of aromatic nitrogens is 2. The number of halogens is 2. The van der Waals surface area contributed by atoms with Gasteiger partial charge in [0.1, 0.15) is 17.5 Å². The highest BCUT2D eigenvalue weighted by Gasteiger charge is 2.11. The van der Waals surface area contributed by atoms with E-state index in [0.29, 0.717) is 17.9 Å². The lowest BCUT2D eigenvalue weighted by molar-refractivity contribution is 0.514. The van der Waals surface area contributed by atoms with Gasteiger partial charge in [-0.1, -0.05) is 6.07 Å². The zero-order chi connectivity index (χ0) is 13.8. The minimum atomic E-state index is -0.570. The number of nitrogens with zero attached hydrogens (tertiary/aromatic N) is 2. The summed E-state index contributed by atoms with van der Waals surface area (Å²) in [6, 6.07) is 5.17. The van der Waals surface area contributed by atoms with Crippen molar-refractivity contribution in [3.63, 3.8) is 0 Å². The molecule has 0 bridgehead atoms. The van der Waals surface area contributed by atoms with Gasteiger partial charge in [0.25, 0.3) is 0 Å². The van der Waals surface area contributed by atoms with Crippen LogP contribution in [0, 0.1) is 18.6 Å². The molecule has 0 saturated heterocycles. The Hall–Kier alpha value is -1.88. The molecule has 3 nitrogen and oxygen atoms in total. The van der Waals surface area contributed by atoms with Gasteiger partial charge >= 0.3 is 0 Å². The third-order valence-corrected chi connectivity index (χ3v) is 2.85. The van der Waals surface area contributed by atoms with E-state index in [0.717, 1.165) is 11.8 Å². The lowest BCUT2D eigenvalue weighted by atomic mass is 10.1. The van der Waals surface area contributed by atoms with E-state index < -0.39 is 11.6 Å². The summed E-state index contributed by atoms with van der Waals surface area (Å²) in [6.45, 7) is 4.14. The summed E-state index contributed by atoms with van der Waals surface area (Å²) in [5.41, 5.74) is 1.27. The van der Waals surface area contributed by atoms with Gasteiger partial charge in [0.05, 0.1) is 5.69 Å². The molecule has 2 rings (SSSR count). The predicted octanol–water partition coefficient (Wildman–Crippen LogP) is 2.91. The average Bonchev–Trinajstić information content (AvgIpc) is 2.36. The van der Waals surface area contributed by atoms with Crippen molar-refractivity contribution < 1.29 is 8.78 Å². The molecule has 2 aromatic rings. The molecule has 0 radical (unpaired) electrons. The molecule has 5 heteroatoms. The van der Waals surface area contributed by atoms with Crippen LogP contribution in [0.5, 0.6) is 0 Å². The fourth-order valence-corrected chi connectivity index (χ4v) is 1.82. The van der Waals surface area contributed by atoms with Gasteiger partial charge in [-0.2, -0.15) is 0 Å². The van der Waals surface area contributed by atoms with E-state index in [1.165, 1.54) is 12.1 Å². The molecule has 1 heterocycles. The van der Waals surface area contributed by atoms with Crippen LogP contribution in [0.3, 0.4) is 0 Å². The maximum atomic E-state index is 13.6. The third kappa shape index (κ3) is 3.54. The highest BCUT2D eigenvalue weighted by atomic mass is 19.1. The zero-order valence-corrected chi connectivity index (χ0v) is 10.8. The lowest BCUT2D eigenvalue weighted by Crippen LogP contribution is -2.20. The monoisotopic (exact) mass is 263 g/mol. The number of hydrogen-bond donors (Lipinski definition) is 1. The van der Waals surface area contributed by atoms with Crippen LogP contribution in [0.4, 0.5) is 8.78 Å². The first-order valence-corrected chi connectivity index (χ1v) is 6.03. The maximum absolute atomic E-state index is 13.6. The minimum Gasteiger partial charge on any atom is -0.304 e. The summed E-state index contributed by atoms with van der Waals surface area (Å²) in [4.78, 5) is 8.26. The Labute approximate surface area is 110 Å². The van der Waals surface area contributed by atoms with Gasteiger partial charge in [-0.3, -0.25) is 0 Å². The number of rotatable bonds is 4. The van der Waals surface area contributed by atoms with Crippen LogP contribution >= 0.6 is 0 Å². The van der Waals surface area contributed by atoms with Gasteiger partial charge < -0.3 is 5.32 Å². The van der Waals surface area contributed by atoms with Crippen LogP contribution in [0.15, 0.2) is 30.5 Å². The Kier molecular flexibility index (Phi) is 4.16. The van der Waals surface area contributed by atoms with Crippen LogP contribution < -0.4 is 5.32 Å². The molecule has 0 fully saturated rings. The van der Waals surface area contributed by atoms with Crippen LogP contribution in [0.25, 0.3) is 0 Å². The number of nitrogens with one attached hydrogen (secondary N) is 1. The second-order valence-corrected chi connectivity index (χ2v) is 4.36. The first-order chi connectivity index (χ1) is 9.06. The van der Waals surface area contributed by atoms with Crippen LogP contribution in [0.2, 0.25) is 0 Å². The highest BCUT2D eigenvalue weighted by Crippen LogP contribution is 2.17. The first-order valence-electron chi connectivity index (χ1n) is 6.03. The fraction of sp³-hybridized carbons (Fsp3) is 0.286. The smallest absolute Gasteiger partial charge is 0.130 e. The van der Waals surface area contributed by atoms with Gasteiger partial charge in [-0.15, -0.1) is 0 Å². The van der Waals surface area contributed by atoms with Gasteiger partial charge in [-0.25, -0.2) is 18.7 Å². The molecule has 0 spiro atoms. The van der Waals surface area contributed by atoms with Crippen molar-refractivity contribution in [2.45, 2.75) is 26.4 Å². The molecule has 1 aromatic carbocycles. The Morgan fingerprint density at radius 3 is 2.74 bits per heavy atom. The molecule has 1 unspecified atom stereocenters. The summed E-state index contributed by atoms with van der Waals surface area (Å²) >= 11 is 0. The molecular formula is C14H15F2N3. The normalized spacial score (nSPS) is 12.4. The molecule has 0 saturated carbocycles. The van der Waals surface area contributed by atoms with Crippen molar-refractivity contribution in [3.05, 3.63) is 59.2 Å². The Morgan fingerprint density at radius 1 is 1.26 bits per heavy atom. The quantitative estimate of drug-likeness (QED) is 0.921. The largest absolute Gasteiger partial charge is 0.304 e. The van der Waals surface area contributed by atoms with E-state index in [4.69, 9.17) is 0 Å². The van der Waals surface area contributed by atoms with Gasteiger partial charge in [-0.05, 0) is 26.0 Å². The molecule has 100 valence electrons. The topological polar surface area (TPSA) is 37.8 Å². The van der Waals surface area contributed by atoms with Gasteiger partial charge in [0.2, 0.25) is 0 Å². The molecule has 0 amide bonds. The van der Waals surface area contributed by atoms with E-state index in [2.05, 4.69) is 15.3 Å². The van der Waals surface area contributed by atoms with Crippen LogP contribution in [-0.2, 0) is 6.54 Å². The molecule has 0 aliphatic heterocycles. The van der Waals surface area contributed by atoms with E-state index in [-0.39, 0.29) is 6.04 Å².